The van der Waals surface area contributed by atoms with Crippen molar-refractivity contribution < 1.29 is 33.6 Å². The molecule has 1 N–H and O–H groups in total. The second-order valence-electron chi connectivity index (χ2n) is 11.3. The Morgan fingerprint density at radius 3 is 2.62 bits per heavy atom. The van der Waals surface area contributed by atoms with Crippen molar-refractivity contribution in [2.75, 3.05) is 0 Å². The van der Waals surface area contributed by atoms with Gasteiger partial charge in [-0.25, -0.2) is 0 Å². The highest BCUT2D eigenvalue weighted by Gasteiger charge is 3.00. The highest BCUT2D eigenvalue weighted by Crippen LogP contribution is 2.80. The quantitative estimate of drug-likeness (QED) is 0.771. The number of hydrogen-bond acceptors (Lipinski definition) is 7. The minimum atomic E-state index is -1.48. The van der Waals surface area contributed by atoms with Crippen molar-refractivity contribution in [3.63, 3.8) is 0 Å². The molecule has 3 saturated carbocycles. The predicted molar refractivity (Wildman–Crippen MR) is 110 cm³/mol. The van der Waals surface area contributed by atoms with E-state index in [0.29, 0.717) is 6.42 Å². The summed E-state index contributed by atoms with van der Waals surface area (Å²) in [5.41, 5.74) is -4.15. The van der Waals surface area contributed by atoms with Crippen LogP contribution in [-0.4, -0.2) is 51.2 Å². The number of rotatable bonds is 3. The third-order valence-electron chi connectivity index (χ3n) is 9.40. The fraction of sp³-hybridized carbons (Fsp3) is 0.720. The molecule has 9 unspecified atom stereocenters. The van der Waals surface area contributed by atoms with Gasteiger partial charge in [0.1, 0.15) is 22.9 Å². The Kier molecular flexibility index (Phi) is 3.43. The molecule has 3 aliphatic carbocycles. The third-order valence-corrected chi connectivity index (χ3v) is 9.40. The molecule has 7 heteroatoms. The Bertz CT molecular complexity index is 1030. The van der Waals surface area contributed by atoms with Gasteiger partial charge in [-0.15, -0.1) is 0 Å². The van der Waals surface area contributed by atoms with Crippen LogP contribution in [0.4, 0.5) is 0 Å². The van der Waals surface area contributed by atoms with E-state index in [1.165, 1.54) is 0 Å². The van der Waals surface area contributed by atoms with Crippen molar-refractivity contribution in [1.82, 2.24) is 0 Å². The van der Waals surface area contributed by atoms with E-state index in [1.54, 1.807) is 0 Å². The smallest absolute Gasteiger partial charge is 0.290 e. The van der Waals surface area contributed by atoms with Crippen molar-refractivity contribution in [1.29, 1.82) is 0 Å². The molecule has 172 valence electrons. The van der Waals surface area contributed by atoms with Crippen molar-refractivity contribution in [2.45, 2.75) is 93.8 Å². The lowest BCUT2D eigenvalue weighted by molar-refractivity contribution is -0.447. The fourth-order valence-electron chi connectivity index (χ4n) is 8.42. The van der Waals surface area contributed by atoms with Crippen LogP contribution in [0, 0.1) is 17.8 Å². The lowest BCUT2D eigenvalue weighted by Gasteiger charge is -2.63. The van der Waals surface area contributed by atoms with Crippen LogP contribution in [0.5, 0.6) is 0 Å². The molecule has 0 radical (unpaired) electrons. The lowest BCUT2D eigenvalue weighted by Crippen LogP contribution is -2.85. The van der Waals surface area contributed by atoms with Crippen molar-refractivity contribution in [3.05, 3.63) is 35.9 Å². The average molecular weight is 443 g/mol. The second kappa shape index (κ2) is 5.48. The van der Waals surface area contributed by atoms with Gasteiger partial charge in [0.05, 0.1) is 12.5 Å². The van der Waals surface area contributed by atoms with Crippen LogP contribution in [-0.2, 0) is 35.1 Å². The first kappa shape index (κ1) is 20.1. The van der Waals surface area contributed by atoms with Gasteiger partial charge in [0.15, 0.2) is 17.2 Å². The number of fused-ring (bicyclic) bond motifs is 3. The van der Waals surface area contributed by atoms with E-state index in [-0.39, 0.29) is 30.6 Å². The van der Waals surface area contributed by atoms with Crippen LogP contribution in [0.1, 0.15) is 52.5 Å². The molecule has 6 fully saturated rings. The lowest BCUT2D eigenvalue weighted by atomic mass is 9.50. The normalized spacial score (nSPS) is 56.0. The molecule has 3 heterocycles. The summed E-state index contributed by atoms with van der Waals surface area (Å²) in [5, 5.41) is 12.2. The van der Waals surface area contributed by atoms with Gasteiger partial charge >= 0.3 is 0 Å². The highest BCUT2D eigenvalue weighted by atomic mass is 16.9. The molecular weight excluding hydrogens is 412 g/mol. The molecule has 0 amide bonds. The molecule has 3 saturated heterocycles. The van der Waals surface area contributed by atoms with Crippen LogP contribution in [0.3, 0.4) is 0 Å². The van der Waals surface area contributed by atoms with Gasteiger partial charge in [-0.1, -0.05) is 37.3 Å². The topological polar surface area (TPSA) is 83.5 Å². The summed E-state index contributed by atoms with van der Waals surface area (Å²) in [6, 6.07) is 9.82. The minimum Gasteiger partial charge on any atom is -0.386 e. The van der Waals surface area contributed by atoms with Gasteiger partial charge in [-0.2, -0.15) is 0 Å². The van der Waals surface area contributed by atoms with Gasteiger partial charge in [-0.3, -0.25) is 4.79 Å². The number of carbonyl (C=O) groups is 1. The summed E-state index contributed by atoms with van der Waals surface area (Å²) in [4.78, 5) is 13.8. The Balaban J connectivity index is 1.44. The maximum Gasteiger partial charge on any atom is 0.290 e. The van der Waals surface area contributed by atoms with Crippen molar-refractivity contribution in [2.24, 2.45) is 17.8 Å². The Morgan fingerprint density at radius 1 is 1.12 bits per heavy atom. The molecule has 0 aromatic heterocycles. The maximum absolute atomic E-state index is 13.8. The van der Waals surface area contributed by atoms with Crippen LogP contribution >= 0.6 is 0 Å². The molecular formula is C25H30O7. The van der Waals surface area contributed by atoms with E-state index in [4.69, 9.17) is 23.7 Å². The Hall–Kier alpha value is -1.35. The standard InChI is InChI=1S/C25H30O7/c1-14-10-11-22(27)18(14)19-23-16-12-17(26)24(23,31-20(2,3)30-23)21(22,4)32-25(16,29-19)28-13-15-8-6-5-7-9-15/h5-9,14,16,18-19,27H,10-13H2,1-4H3. The third kappa shape index (κ3) is 1.79. The Morgan fingerprint density at radius 2 is 1.88 bits per heavy atom. The first-order valence-electron chi connectivity index (χ1n) is 11.8. The van der Waals surface area contributed by atoms with E-state index in [0.717, 1.165) is 12.0 Å². The second-order valence-corrected chi connectivity index (χ2v) is 11.3. The Labute approximate surface area is 187 Å². The van der Waals surface area contributed by atoms with E-state index in [9.17, 15) is 9.90 Å². The number of aliphatic hydroxyl groups is 1. The van der Waals surface area contributed by atoms with Gasteiger partial charge in [0, 0.05) is 12.3 Å². The number of hydrogen-bond donors (Lipinski definition) is 1. The molecule has 1 aromatic rings. The summed E-state index contributed by atoms with van der Waals surface area (Å²) in [5.74, 6) is -3.10. The number of ether oxygens (including phenoxy) is 5. The van der Waals surface area contributed by atoms with Crippen LogP contribution in [0.15, 0.2) is 30.3 Å². The fourth-order valence-corrected chi connectivity index (χ4v) is 8.42. The number of benzene rings is 1. The summed E-state index contributed by atoms with van der Waals surface area (Å²) in [6.07, 6.45) is 0.957. The highest BCUT2D eigenvalue weighted by molar-refractivity contribution is 5.96. The molecule has 7 rings (SSSR count). The molecule has 1 spiro atoms. The van der Waals surface area contributed by atoms with Gasteiger partial charge in [0.25, 0.3) is 5.97 Å². The summed E-state index contributed by atoms with van der Waals surface area (Å²) >= 11 is 0. The SMILES string of the molecule is CC1CCC2(O)C1C1OC3(OCc4ccccc4)OC2(C)C24OC(C)(C)OC12C3CC4=O. The monoisotopic (exact) mass is 442 g/mol. The number of ketones is 1. The van der Waals surface area contributed by atoms with E-state index in [1.807, 2.05) is 51.1 Å². The van der Waals surface area contributed by atoms with Crippen LogP contribution in [0.25, 0.3) is 0 Å². The summed E-state index contributed by atoms with van der Waals surface area (Å²) in [7, 11) is 0. The van der Waals surface area contributed by atoms with Gasteiger partial charge in [0.2, 0.25) is 0 Å². The summed E-state index contributed by atoms with van der Waals surface area (Å²) in [6.45, 7) is 7.88. The molecule has 1 aromatic carbocycles. The van der Waals surface area contributed by atoms with Gasteiger partial charge < -0.3 is 28.8 Å². The number of carbonyl (C=O) groups excluding carboxylic acids is 1. The average Bonchev–Trinajstić information content (AvgIpc) is 3.31. The summed E-state index contributed by atoms with van der Waals surface area (Å²) < 4.78 is 33.2. The van der Waals surface area contributed by atoms with Crippen molar-refractivity contribution in [3.8, 4) is 0 Å². The van der Waals surface area contributed by atoms with E-state index < -0.39 is 46.2 Å². The first-order valence-corrected chi connectivity index (χ1v) is 11.8. The van der Waals surface area contributed by atoms with Crippen molar-refractivity contribution >= 4 is 5.78 Å². The minimum absolute atomic E-state index is 0.0829. The predicted octanol–water partition coefficient (Wildman–Crippen LogP) is 2.69. The largest absolute Gasteiger partial charge is 0.386 e. The molecule has 5 bridgehead atoms. The number of Topliss-reactive ketones (excluding diaryl/α,β-unsaturated/α-hetero) is 1. The molecule has 9 atom stereocenters. The van der Waals surface area contributed by atoms with E-state index in [2.05, 4.69) is 6.92 Å². The zero-order chi connectivity index (χ0) is 22.4. The van der Waals surface area contributed by atoms with Crippen LogP contribution in [0.2, 0.25) is 0 Å². The zero-order valence-corrected chi connectivity index (χ0v) is 18.9. The van der Waals surface area contributed by atoms with Crippen LogP contribution < -0.4 is 0 Å². The molecule has 7 nitrogen and oxygen atoms in total. The van der Waals surface area contributed by atoms with Gasteiger partial charge in [-0.05, 0) is 45.1 Å². The first-order chi connectivity index (χ1) is 15.1. The molecule has 3 aliphatic heterocycles. The molecule has 32 heavy (non-hydrogen) atoms. The van der Waals surface area contributed by atoms with E-state index >= 15 is 0 Å². The molecule has 6 aliphatic rings. The zero-order valence-electron chi connectivity index (χ0n) is 18.9. The maximum atomic E-state index is 13.8.